The number of rotatable bonds is 8. The van der Waals surface area contributed by atoms with E-state index in [2.05, 4.69) is 27.8 Å². The highest BCUT2D eigenvalue weighted by molar-refractivity contribution is 5.81. The molecule has 0 spiro atoms. The topological polar surface area (TPSA) is 114 Å². The molecule has 0 amide bonds. The van der Waals surface area contributed by atoms with E-state index in [1.54, 1.807) is 0 Å². The van der Waals surface area contributed by atoms with Gasteiger partial charge in [0.1, 0.15) is 12.3 Å². The van der Waals surface area contributed by atoms with Gasteiger partial charge in [-0.05, 0) is 12.8 Å². The number of anilines is 1. The first-order chi connectivity index (χ1) is 14.4. The molecule has 0 saturated carbocycles. The average molecular weight is 419 g/mol. The van der Waals surface area contributed by atoms with Crippen molar-refractivity contribution in [3.05, 3.63) is 12.4 Å². The minimum Gasteiger partial charge on any atom is -0.434 e. The highest BCUT2D eigenvalue weighted by Crippen LogP contribution is 2.41. The Morgan fingerprint density at radius 2 is 2.23 bits per heavy atom. The molecule has 3 heterocycles. The summed E-state index contributed by atoms with van der Waals surface area (Å²) in [7, 11) is 0. The number of imidazole rings is 1. The number of halogens is 1. The van der Waals surface area contributed by atoms with Crippen LogP contribution in [0.1, 0.15) is 58.6 Å². The predicted molar refractivity (Wildman–Crippen MR) is 107 cm³/mol. The fourth-order valence-electron chi connectivity index (χ4n) is 3.55. The molecule has 1 aliphatic rings. The van der Waals surface area contributed by atoms with E-state index < -0.39 is 30.2 Å². The molecule has 2 aromatic rings. The van der Waals surface area contributed by atoms with Gasteiger partial charge in [0.15, 0.2) is 22.6 Å². The van der Waals surface area contributed by atoms with Crippen molar-refractivity contribution in [2.24, 2.45) is 0 Å². The van der Waals surface area contributed by atoms with Crippen LogP contribution in [0.4, 0.5) is 15.0 Å². The van der Waals surface area contributed by atoms with Crippen LogP contribution in [-0.2, 0) is 14.2 Å². The van der Waals surface area contributed by atoms with Gasteiger partial charge in [0.25, 0.3) is 0 Å². The van der Waals surface area contributed by atoms with E-state index in [9.17, 15) is 9.18 Å². The molecule has 0 radical (unpaired) electrons. The van der Waals surface area contributed by atoms with Gasteiger partial charge in [0, 0.05) is 6.42 Å². The summed E-state index contributed by atoms with van der Waals surface area (Å²) in [5.74, 6) is 2.53. The Labute approximate surface area is 174 Å². The lowest BCUT2D eigenvalue weighted by molar-refractivity contribution is -0.0762. The maximum Gasteiger partial charge on any atom is 0.508 e. The Kier molecular flexibility index (Phi) is 6.72. The van der Waals surface area contributed by atoms with E-state index in [1.807, 2.05) is 6.92 Å². The van der Waals surface area contributed by atoms with Crippen LogP contribution in [0, 0.1) is 18.4 Å². The van der Waals surface area contributed by atoms with Crippen molar-refractivity contribution in [1.82, 2.24) is 19.5 Å². The molecule has 1 fully saturated rings. The molecule has 2 N–H and O–H groups in total. The van der Waals surface area contributed by atoms with Crippen molar-refractivity contribution in [3.63, 3.8) is 0 Å². The number of carbonyl (C=O) groups excluding carboxylic acids is 1. The van der Waals surface area contributed by atoms with Gasteiger partial charge in [-0.25, -0.2) is 9.78 Å². The minimum absolute atomic E-state index is 0.0765. The number of terminal acetylenes is 1. The Bertz CT molecular complexity index is 943. The van der Waals surface area contributed by atoms with Gasteiger partial charge >= 0.3 is 12.2 Å². The van der Waals surface area contributed by atoms with Crippen LogP contribution in [0.3, 0.4) is 0 Å². The third-order valence-electron chi connectivity index (χ3n) is 5.24. The molecular formula is C20H26FN5O4. The van der Waals surface area contributed by atoms with E-state index in [0.29, 0.717) is 6.42 Å². The van der Waals surface area contributed by atoms with Crippen LogP contribution < -0.4 is 5.73 Å². The lowest BCUT2D eigenvalue weighted by Crippen LogP contribution is -2.40. The largest absolute Gasteiger partial charge is 0.508 e. The number of unbranched alkanes of at least 4 members (excludes halogenated alkanes) is 3. The Morgan fingerprint density at radius 1 is 1.43 bits per heavy atom. The Balaban J connectivity index is 1.75. The van der Waals surface area contributed by atoms with Crippen LogP contribution in [0.2, 0.25) is 0 Å². The number of fused-ring (bicyclic) bond motifs is 1. The lowest BCUT2D eigenvalue weighted by Gasteiger charge is -2.27. The van der Waals surface area contributed by atoms with E-state index in [1.165, 1.54) is 10.9 Å². The smallest absolute Gasteiger partial charge is 0.434 e. The zero-order chi connectivity index (χ0) is 21.7. The third-order valence-corrected chi connectivity index (χ3v) is 5.24. The van der Waals surface area contributed by atoms with Crippen molar-refractivity contribution < 1.29 is 23.4 Å². The second-order valence-corrected chi connectivity index (χ2v) is 7.16. The van der Waals surface area contributed by atoms with E-state index >= 15 is 0 Å². The fraction of sp³-hybridized carbons (Fsp3) is 0.600. The molecule has 10 heteroatoms. The molecule has 0 unspecified atom stereocenters. The van der Waals surface area contributed by atoms with E-state index in [-0.39, 0.29) is 30.0 Å². The lowest BCUT2D eigenvalue weighted by atomic mass is 9.94. The van der Waals surface area contributed by atoms with Crippen LogP contribution in [-0.4, -0.2) is 44.0 Å². The SMILES string of the molecule is C#C[C@]1(CC)O[C@@H](n2cnc3c(N)nc(F)nc32)C[C@@H]1OC(=O)OCCCCCC. The molecule has 9 nitrogen and oxygen atoms in total. The fourth-order valence-corrected chi connectivity index (χ4v) is 3.55. The maximum absolute atomic E-state index is 13.7. The zero-order valence-electron chi connectivity index (χ0n) is 17.1. The summed E-state index contributed by atoms with van der Waals surface area (Å²) in [4.78, 5) is 23.5. The summed E-state index contributed by atoms with van der Waals surface area (Å²) >= 11 is 0. The summed E-state index contributed by atoms with van der Waals surface area (Å²) in [6, 6.07) is 0. The molecular weight excluding hydrogens is 393 g/mol. The molecule has 1 aliphatic heterocycles. The summed E-state index contributed by atoms with van der Waals surface area (Å²) in [5.41, 5.74) is 4.99. The van der Waals surface area contributed by atoms with Gasteiger partial charge in [0.05, 0.1) is 12.9 Å². The number of nitrogens with two attached hydrogens (primary N) is 1. The van der Waals surface area contributed by atoms with Gasteiger partial charge < -0.3 is 19.9 Å². The first-order valence-corrected chi connectivity index (χ1v) is 10.1. The van der Waals surface area contributed by atoms with Gasteiger partial charge in [-0.2, -0.15) is 14.4 Å². The van der Waals surface area contributed by atoms with Crippen molar-refractivity contribution >= 4 is 23.1 Å². The third kappa shape index (κ3) is 4.31. The number of carbonyl (C=O) groups is 1. The van der Waals surface area contributed by atoms with Gasteiger partial charge in [0.2, 0.25) is 0 Å². The molecule has 30 heavy (non-hydrogen) atoms. The quantitative estimate of drug-likeness (QED) is 0.300. The normalized spacial score (nSPS) is 23.4. The van der Waals surface area contributed by atoms with Crippen LogP contribution in [0.5, 0.6) is 0 Å². The summed E-state index contributed by atoms with van der Waals surface area (Å²) in [6.07, 6.45) is 8.52. The molecule has 0 bridgehead atoms. The highest BCUT2D eigenvalue weighted by Gasteiger charge is 2.50. The highest BCUT2D eigenvalue weighted by atomic mass is 19.1. The molecule has 2 aromatic heterocycles. The van der Waals surface area contributed by atoms with Crippen LogP contribution >= 0.6 is 0 Å². The van der Waals surface area contributed by atoms with Gasteiger partial charge in [-0.1, -0.05) is 39.0 Å². The van der Waals surface area contributed by atoms with Crippen LogP contribution in [0.15, 0.2) is 6.33 Å². The summed E-state index contributed by atoms with van der Waals surface area (Å²) in [5, 5.41) is 0. The monoisotopic (exact) mass is 419 g/mol. The molecule has 1 saturated heterocycles. The number of aromatic nitrogens is 4. The van der Waals surface area contributed by atoms with Crippen LogP contribution in [0.25, 0.3) is 11.2 Å². The Morgan fingerprint density at radius 3 is 2.93 bits per heavy atom. The minimum atomic E-state index is -1.15. The van der Waals surface area contributed by atoms with Crippen molar-refractivity contribution in [2.75, 3.05) is 12.3 Å². The Hall–Kier alpha value is -2.93. The number of nitrogen functional groups attached to an aromatic ring is 1. The van der Waals surface area contributed by atoms with Crippen molar-refractivity contribution in [2.45, 2.75) is 70.3 Å². The molecule has 0 aliphatic carbocycles. The first-order valence-electron chi connectivity index (χ1n) is 10.1. The zero-order valence-corrected chi connectivity index (χ0v) is 17.1. The van der Waals surface area contributed by atoms with E-state index in [0.717, 1.165) is 25.7 Å². The van der Waals surface area contributed by atoms with E-state index in [4.69, 9.17) is 26.4 Å². The average Bonchev–Trinajstić information content (AvgIpc) is 3.29. The molecule has 3 rings (SSSR count). The second-order valence-electron chi connectivity index (χ2n) is 7.16. The number of hydrogen-bond acceptors (Lipinski definition) is 8. The summed E-state index contributed by atoms with van der Waals surface area (Å²) in [6.45, 7) is 4.22. The van der Waals surface area contributed by atoms with Crippen molar-refractivity contribution in [3.8, 4) is 12.3 Å². The number of nitrogens with zero attached hydrogens (tertiary/aromatic N) is 4. The molecule has 162 valence electrons. The number of hydrogen-bond donors (Lipinski definition) is 1. The number of ether oxygens (including phenoxy) is 3. The molecule has 0 aromatic carbocycles. The second kappa shape index (κ2) is 9.26. The van der Waals surface area contributed by atoms with Gasteiger partial charge in [-0.3, -0.25) is 4.57 Å². The first kappa shape index (κ1) is 21.8. The maximum atomic E-state index is 13.7. The standard InChI is InChI=1S/C20H26FN5O4/c1-4-7-8-9-10-28-19(27)29-13-11-14(30-20(13,5-2)6-3)26-12-23-15-16(22)24-18(21)25-17(15)26/h2,12-14H,4,6-11H2,1,3H3,(H2,22,24,25)/t13-,14+,20+/m0/s1. The van der Waals surface area contributed by atoms with Gasteiger partial charge in [-0.15, -0.1) is 6.42 Å². The summed E-state index contributed by atoms with van der Waals surface area (Å²) < 4.78 is 31.9. The van der Waals surface area contributed by atoms with Crippen molar-refractivity contribution in [1.29, 1.82) is 0 Å². The predicted octanol–water partition coefficient (Wildman–Crippen LogP) is 3.35. The molecule has 3 atom stereocenters.